The molecule has 0 spiro atoms. The molecule has 3 rings (SSSR count). The Kier molecular flexibility index (Phi) is 14.3. The molecule has 3 aromatic rings. The predicted molar refractivity (Wildman–Crippen MR) is 141 cm³/mol. The zero-order chi connectivity index (χ0) is 28.7. The van der Waals surface area contributed by atoms with E-state index < -0.39 is 36.7 Å². The number of benzene rings is 2. The minimum Gasteiger partial charge on any atom is -0.478 e. The summed E-state index contributed by atoms with van der Waals surface area (Å²) in [5, 5.41) is 36.8. The molecular formula is C28H33F3O6S. The molecule has 0 aliphatic rings. The Bertz CT molecular complexity index is 1020. The number of thiophene rings is 1. The van der Waals surface area contributed by atoms with Crippen molar-refractivity contribution in [3.8, 4) is 0 Å². The predicted octanol–water partition coefficient (Wildman–Crippen LogP) is 6.77. The highest BCUT2D eigenvalue weighted by Gasteiger charge is 2.39. The van der Waals surface area contributed by atoms with Gasteiger partial charge in [0.05, 0.1) is 17.2 Å². The number of carboxylic acids is 2. The van der Waals surface area contributed by atoms with Crippen LogP contribution in [-0.4, -0.2) is 44.6 Å². The van der Waals surface area contributed by atoms with Gasteiger partial charge < -0.3 is 20.4 Å². The van der Waals surface area contributed by atoms with E-state index in [4.69, 9.17) is 15.3 Å². The average Bonchev–Trinajstić information content (AvgIpc) is 3.41. The number of aryl methyl sites for hydroxylation is 2. The van der Waals surface area contributed by atoms with E-state index in [1.165, 1.54) is 17.2 Å². The highest BCUT2D eigenvalue weighted by molar-refractivity contribution is 7.10. The zero-order valence-electron chi connectivity index (χ0n) is 21.2. The van der Waals surface area contributed by atoms with Gasteiger partial charge in [0.1, 0.15) is 0 Å². The Morgan fingerprint density at radius 2 is 1.21 bits per heavy atom. The third-order valence-electron chi connectivity index (χ3n) is 5.18. The molecule has 4 N–H and O–H groups in total. The van der Waals surface area contributed by atoms with Gasteiger partial charge >= 0.3 is 18.1 Å². The van der Waals surface area contributed by atoms with E-state index in [0.29, 0.717) is 16.0 Å². The van der Waals surface area contributed by atoms with E-state index in [0.717, 1.165) is 37.0 Å². The number of alkyl halides is 3. The zero-order valence-corrected chi connectivity index (χ0v) is 22.0. The molecule has 1 aromatic heterocycles. The number of carbonyl (C=O) groups is 2. The summed E-state index contributed by atoms with van der Waals surface area (Å²) in [5.74, 6) is -1.73. The molecule has 0 saturated heterocycles. The molecule has 0 aliphatic carbocycles. The summed E-state index contributed by atoms with van der Waals surface area (Å²) in [6.45, 7) is 4.20. The Morgan fingerprint density at radius 3 is 1.50 bits per heavy atom. The number of carboxylic acid groups (broad SMARTS) is 2. The van der Waals surface area contributed by atoms with Gasteiger partial charge in [0.2, 0.25) is 0 Å². The van der Waals surface area contributed by atoms with Gasteiger partial charge in [0.25, 0.3) is 0 Å². The number of aromatic carboxylic acids is 2. The van der Waals surface area contributed by atoms with Crippen molar-refractivity contribution in [3.63, 3.8) is 0 Å². The van der Waals surface area contributed by atoms with Gasteiger partial charge in [-0.25, -0.2) is 9.59 Å². The topological polar surface area (TPSA) is 115 Å². The van der Waals surface area contributed by atoms with Crippen LogP contribution in [-0.2, 0) is 12.8 Å². The SMILES string of the molecule is CCCc1ccc(C(=O)O)cc1.CCCc1ccc(C(=O)O)cc1.OC(CC(O)C(F)(F)F)c1cccs1. The Balaban J connectivity index is 0.000000286. The van der Waals surface area contributed by atoms with Crippen LogP contribution >= 0.6 is 11.3 Å². The molecule has 2 atom stereocenters. The molecule has 208 valence electrons. The first-order valence-electron chi connectivity index (χ1n) is 12.0. The van der Waals surface area contributed by atoms with E-state index in [-0.39, 0.29) is 0 Å². The molecule has 0 bridgehead atoms. The number of aliphatic hydroxyl groups excluding tert-OH is 2. The Labute approximate surface area is 224 Å². The Hall–Kier alpha value is -3.21. The molecule has 0 fully saturated rings. The fourth-order valence-corrected chi connectivity index (χ4v) is 3.87. The lowest BCUT2D eigenvalue weighted by Crippen LogP contribution is -2.30. The van der Waals surface area contributed by atoms with Gasteiger partial charge in [0.15, 0.2) is 6.10 Å². The minimum atomic E-state index is -4.67. The van der Waals surface area contributed by atoms with E-state index in [1.807, 2.05) is 24.3 Å². The van der Waals surface area contributed by atoms with Gasteiger partial charge in [-0.1, -0.05) is 57.0 Å². The van der Waals surface area contributed by atoms with Crippen molar-refractivity contribution in [1.82, 2.24) is 0 Å². The third kappa shape index (κ3) is 12.4. The van der Waals surface area contributed by atoms with Crippen molar-refractivity contribution in [3.05, 3.63) is 93.2 Å². The lowest BCUT2D eigenvalue weighted by Gasteiger charge is -2.17. The molecule has 1 heterocycles. The third-order valence-corrected chi connectivity index (χ3v) is 6.15. The number of rotatable bonds is 9. The van der Waals surface area contributed by atoms with Crippen molar-refractivity contribution in [1.29, 1.82) is 0 Å². The van der Waals surface area contributed by atoms with E-state index >= 15 is 0 Å². The highest BCUT2D eigenvalue weighted by Crippen LogP contribution is 2.29. The van der Waals surface area contributed by atoms with E-state index in [1.54, 1.807) is 35.7 Å². The smallest absolute Gasteiger partial charge is 0.414 e. The maximum Gasteiger partial charge on any atom is 0.414 e. The highest BCUT2D eigenvalue weighted by atomic mass is 32.1. The molecule has 2 unspecified atom stereocenters. The van der Waals surface area contributed by atoms with E-state index in [9.17, 15) is 27.9 Å². The molecule has 10 heteroatoms. The second kappa shape index (κ2) is 16.6. The molecule has 0 saturated carbocycles. The molecule has 38 heavy (non-hydrogen) atoms. The number of hydrogen-bond donors (Lipinski definition) is 4. The summed E-state index contributed by atoms with van der Waals surface area (Å²) in [6.07, 6.45) is -4.91. The monoisotopic (exact) mass is 554 g/mol. The fraction of sp³-hybridized carbons (Fsp3) is 0.357. The van der Waals surface area contributed by atoms with Crippen LogP contribution in [0.3, 0.4) is 0 Å². The summed E-state index contributed by atoms with van der Waals surface area (Å²) in [4.78, 5) is 21.4. The normalized spacial score (nSPS) is 12.3. The summed E-state index contributed by atoms with van der Waals surface area (Å²) in [5.41, 5.74) is 3.11. The van der Waals surface area contributed by atoms with Crippen LogP contribution in [0, 0.1) is 0 Å². The lowest BCUT2D eigenvalue weighted by atomic mass is 10.1. The van der Waals surface area contributed by atoms with Gasteiger partial charge in [-0.2, -0.15) is 13.2 Å². The Morgan fingerprint density at radius 1 is 0.789 bits per heavy atom. The van der Waals surface area contributed by atoms with Gasteiger partial charge in [-0.05, 0) is 59.7 Å². The van der Waals surface area contributed by atoms with Crippen LogP contribution in [0.2, 0.25) is 0 Å². The van der Waals surface area contributed by atoms with Crippen molar-refractivity contribution in [2.24, 2.45) is 0 Å². The fourth-order valence-electron chi connectivity index (χ4n) is 3.15. The minimum absolute atomic E-state index is 0.356. The first-order valence-corrected chi connectivity index (χ1v) is 12.9. The lowest BCUT2D eigenvalue weighted by molar-refractivity contribution is -0.211. The second-order valence-corrected chi connectivity index (χ2v) is 9.31. The van der Waals surface area contributed by atoms with Crippen LogP contribution < -0.4 is 0 Å². The first kappa shape index (κ1) is 32.8. The quantitative estimate of drug-likeness (QED) is 0.232. The van der Waals surface area contributed by atoms with Crippen molar-refractivity contribution >= 4 is 23.3 Å². The standard InChI is InChI=1S/2C10H12O2.C8H9F3O2S/c2*1-2-3-8-4-6-9(7-5-8)10(11)12;9-8(10,11)7(13)4-5(12)6-2-1-3-14-6/h2*4-7H,2-3H2,1H3,(H,11,12);1-3,5,7,12-13H,4H2. The summed E-state index contributed by atoms with van der Waals surface area (Å²) >= 11 is 1.16. The summed E-state index contributed by atoms with van der Waals surface area (Å²) < 4.78 is 35.7. The number of aliphatic hydroxyl groups is 2. The molecule has 2 aromatic carbocycles. The molecule has 0 amide bonds. The molecule has 6 nitrogen and oxygen atoms in total. The van der Waals surface area contributed by atoms with Crippen LogP contribution in [0.25, 0.3) is 0 Å². The average molecular weight is 555 g/mol. The first-order chi connectivity index (χ1) is 17.9. The maximum absolute atomic E-state index is 11.9. The van der Waals surface area contributed by atoms with Crippen LogP contribution in [0.1, 0.15) is 75.9 Å². The van der Waals surface area contributed by atoms with Crippen LogP contribution in [0.5, 0.6) is 0 Å². The molecular weight excluding hydrogens is 521 g/mol. The van der Waals surface area contributed by atoms with Crippen LogP contribution in [0.15, 0.2) is 66.0 Å². The molecule has 0 aliphatic heterocycles. The van der Waals surface area contributed by atoms with Gasteiger partial charge in [-0.3, -0.25) is 0 Å². The van der Waals surface area contributed by atoms with Crippen molar-refractivity contribution < 1.29 is 43.2 Å². The van der Waals surface area contributed by atoms with E-state index in [2.05, 4.69) is 13.8 Å². The summed E-state index contributed by atoms with van der Waals surface area (Å²) in [7, 11) is 0. The van der Waals surface area contributed by atoms with Crippen LogP contribution in [0.4, 0.5) is 13.2 Å². The molecule has 0 radical (unpaired) electrons. The largest absolute Gasteiger partial charge is 0.478 e. The second-order valence-electron chi connectivity index (χ2n) is 8.33. The van der Waals surface area contributed by atoms with Crippen molar-refractivity contribution in [2.45, 2.75) is 64.3 Å². The number of halogens is 3. The maximum atomic E-state index is 11.9. The summed E-state index contributed by atoms with van der Waals surface area (Å²) in [6, 6.07) is 17.2. The number of hydrogen-bond acceptors (Lipinski definition) is 5. The van der Waals surface area contributed by atoms with Crippen molar-refractivity contribution in [2.75, 3.05) is 0 Å². The van der Waals surface area contributed by atoms with Gasteiger partial charge in [-0.15, -0.1) is 11.3 Å². The van der Waals surface area contributed by atoms with Gasteiger partial charge in [0, 0.05) is 11.3 Å².